The summed E-state index contributed by atoms with van der Waals surface area (Å²) in [5, 5.41) is 0.568. The first-order valence-corrected chi connectivity index (χ1v) is 11.2. The molecule has 0 saturated heterocycles. The van der Waals surface area contributed by atoms with E-state index in [1.54, 1.807) is 42.5 Å². The van der Waals surface area contributed by atoms with E-state index >= 15 is 0 Å². The number of benzene rings is 3. The molecule has 154 valence electrons. The first-order chi connectivity index (χ1) is 14.3. The van der Waals surface area contributed by atoms with E-state index in [2.05, 4.69) is 0 Å². The molecule has 0 amide bonds. The van der Waals surface area contributed by atoms with E-state index in [9.17, 15) is 8.42 Å². The maximum absolute atomic E-state index is 13.6. The number of nitrogens with zero attached hydrogens (tertiary/aromatic N) is 1. The van der Waals surface area contributed by atoms with Gasteiger partial charge in [-0.1, -0.05) is 48.0 Å². The van der Waals surface area contributed by atoms with Gasteiger partial charge < -0.3 is 15.4 Å². The van der Waals surface area contributed by atoms with E-state index in [0.29, 0.717) is 10.8 Å². The summed E-state index contributed by atoms with van der Waals surface area (Å²) >= 11 is 6.07. The predicted molar refractivity (Wildman–Crippen MR) is 120 cm³/mol. The topological polar surface area (TPSA) is 72.6 Å². The Kier molecular flexibility index (Phi) is 5.22. The maximum atomic E-state index is 13.6. The molecule has 0 spiro atoms. The van der Waals surface area contributed by atoms with Crippen LogP contribution in [0, 0.1) is 0 Å². The highest BCUT2D eigenvalue weighted by molar-refractivity contribution is 7.95. The fourth-order valence-corrected chi connectivity index (χ4v) is 5.36. The Labute approximate surface area is 181 Å². The van der Waals surface area contributed by atoms with Gasteiger partial charge in [0.1, 0.15) is 10.7 Å². The van der Waals surface area contributed by atoms with Crippen molar-refractivity contribution in [3.63, 3.8) is 0 Å². The van der Waals surface area contributed by atoms with Gasteiger partial charge in [0, 0.05) is 36.4 Å². The van der Waals surface area contributed by atoms with Crippen molar-refractivity contribution in [2.75, 3.05) is 19.0 Å². The van der Waals surface area contributed by atoms with E-state index in [1.165, 1.54) is 0 Å². The third kappa shape index (κ3) is 3.53. The molecule has 0 radical (unpaired) electrons. The lowest BCUT2D eigenvalue weighted by molar-refractivity contribution is 0.395. The number of rotatable bonds is 4. The molecule has 1 atom stereocenters. The highest BCUT2D eigenvalue weighted by Crippen LogP contribution is 2.46. The second-order valence-electron chi connectivity index (χ2n) is 7.25. The van der Waals surface area contributed by atoms with Gasteiger partial charge in [-0.15, -0.1) is 0 Å². The third-order valence-corrected chi connectivity index (χ3v) is 7.26. The molecule has 0 aliphatic carbocycles. The number of nitrogens with two attached hydrogens (primary N) is 1. The van der Waals surface area contributed by atoms with Gasteiger partial charge in [-0.05, 0) is 35.9 Å². The molecule has 0 bridgehead atoms. The molecule has 3 aromatic carbocycles. The largest absolute Gasteiger partial charge is 0.440 e. The molecule has 5 nitrogen and oxygen atoms in total. The monoisotopic (exact) mass is 440 g/mol. The summed E-state index contributed by atoms with van der Waals surface area (Å²) in [7, 11) is -0.0569. The van der Waals surface area contributed by atoms with Crippen LogP contribution in [0.15, 0.2) is 88.5 Å². The lowest BCUT2D eigenvalue weighted by atomic mass is 9.88. The van der Waals surface area contributed by atoms with Crippen LogP contribution < -0.4 is 15.4 Å². The van der Waals surface area contributed by atoms with Crippen LogP contribution in [0.5, 0.6) is 5.75 Å². The zero-order valence-electron chi connectivity index (χ0n) is 16.5. The average molecular weight is 441 g/mol. The van der Waals surface area contributed by atoms with Gasteiger partial charge in [-0.25, -0.2) is 8.42 Å². The zero-order chi connectivity index (χ0) is 21.5. The number of fused-ring (bicyclic) bond motifs is 1. The van der Waals surface area contributed by atoms with Crippen LogP contribution in [0.25, 0.3) is 0 Å². The zero-order valence-corrected chi connectivity index (χ0v) is 18.1. The lowest BCUT2D eigenvalue weighted by Gasteiger charge is -2.30. The Balaban J connectivity index is 1.96. The van der Waals surface area contributed by atoms with Crippen LogP contribution in [0.1, 0.15) is 17.0 Å². The van der Waals surface area contributed by atoms with Crippen molar-refractivity contribution in [1.82, 2.24) is 0 Å². The van der Waals surface area contributed by atoms with Crippen LogP contribution in [-0.2, 0) is 9.84 Å². The van der Waals surface area contributed by atoms with Gasteiger partial charge in [0.2, 0.25) is 15.7 Å². The fraction of sp³-hybridized carbons (Fsp3) is 0.130. The molecule has 7 heteroatoms. The van der Waals surface area contributed by atoms with Crippen molar-refractivity contribution in [2.24, 2.45) is 5.73 Å². The highest BCUT2D eigenvalue weighted by Gasteiger charge is 2.39. The van der Waals surface area contributed by atoms with Crippen LogP contribution in [0.3, 0.4) is 0 Å². The van der Waals surface area contributed by atoms with Gasteiger partial charge in [-0.3, -0.25) is 0 Å². The van der Waals surface area contributed by atoms with Crippen molar-refractivity contribution in [2.45, 2.75) is 10.8 Å². The molecule has 0 saturated carbocycles. The van der Waals surface area contributed by atoms with E-state index in [0.717, 1.165) is 16.8 Å². The molecule has 1 unspecified atom stereocenters. The Hall–Kier alpha value is -2.96. The molecule has 1 aliphatic rings. The number of hydrogen-bond acceptors (Lipinski definition) is 5. The van der Waals surface area contributed by atoms with Crippen molar-refractivity contribution in [3.8, 4) is 5.75 Å². The van der Waals surface area contributed by atoms with Crippen molar-refractivity contribution in [1.29, 1.82) is 0 Å². The van der Waals surface area contributed by atoms with Gasteiger partial charge in [-0.2, -0.15) is 0 Å². The highest BCUT2D eigenvalue weighted by atomic mass is 35.5. The van der Waals surface area contributed by atoms with Crippen LogP contribution in [0.2, 0.25) is 5.02 Å². The molecule has 1 heterocycles. The van der Waals surface area contributed by atoms with Gasteiger partial charge in [0.05, 0.1) is 10.8 Å². The number of hydrogen-bond donors (Lipinski definition) is 1. The van der Waals surface area contributed by atoms with Crippen LogP contribution in [-0.4, -0.2) is 22.5 Å². The Morgan fingerprint density at radius 1 is 0.967 bits per heavy atom. The molecule has 2 N–H and O–H groups in total. The van der Waals surface area contributed by atoms with E-state index in [1.807, 2.05) is 49.3 Å². The van der Waals surface area contributed by atoms with E-state index in [4.69, 9.17) is 22.1 Å². The van der Waals surface area contributed by atoms with Crippen LogP contribution >= 0.6 is 11.6 Å². The minimum atomic E-state index is -3.90. The number of anilines is 1. The molecule has 0 fully saturated rings. The fourth-order valence-electron chi connectivity index (χ4n) is 3.58. The maximum Gasteiger partial charge on any atom is 0.208 e. The second-order valence-corrected chi connectivity index (χ2v) is 9.60. The van der Waals surface area contributed by atoms with Crippen molar-refractivity contribution >= 4 is 27.1 Å². The molecule has 0 aromatic heterocycles. The van der Waals surface area contributed by atoms with Gasteiger partial charge >= 0.3 is 0 Å². The number of sulfone groups is 1. The Bertz CT molecular complexity index is 1220. The summed E-state index contributed by atoms with van der Waals surface area (Å²) in [4.78, 5) is 2.14. The number of halogens is 1. The SMILES string of the molecule is CN(C)c1ccc2c(c1)OC(N)=C(S(=O)(=O)c1ccccc1)C2c1ccc(Cl)cc1. The summed E-state index contributed by atoms with van der Waals surface area (Å²) in [6, 6.07) is 21.0. The normalized spacial score (nSPS) is 16.0. The van der Waals surface area contributed by atoms with E-state index in [-0.39, 0.29) is 15.7 Å². The summed E-state index contributed by atoms with van der Waals surface area (Å²) < 4.78 is 33.0. The number of ether oxygens (including phenoxy) is 1. The predicted octanol–water partition coefficient (Wildman–Crippen LogP) is 4.53. The minimum absolute atomic E-state index is 0.0288. The van der Waals surface area contributed by atoms with E-state index < -0.39 is 15.8 Å². The molecular weight excluding hydrogens is 420 g/mol. The third-order valence-electron chi connectivity index (χ3n) is 5.10. The Morgan fingerprint density at radius 3 is 2.27 bits per heavy atom. The first kappa shape index (κ1) is 20.3. The molecular formula is C23H21ClN2O3S. The summed E-state index contributed by atoms with van der Waals surface area (Å²) in [5.74, 6) is -0.208. The molecule has 4 rings (SSSR count). The van der Waals surface area contributed by atoms with Crippen LogP contribution in [0.4, 0.5) is 5.69 Å². The van der Waals surface area contributed by atoms with Gasteiger partial charge in [0.15, 0.2) is 0 Å². The van der Waals surface area contributed by atoms with Crippen molar-refractivity contribution < 1.29 is 13.2 Å². The quantitative estimate of drug-likeness (QED) is 0.645. The molecule has 3 aromatic rings. The standard InChI is InChI=1S/C23H21ClN2O3S/c1-26(2)17-12-13-19-20(14-17)29-23(25)22(21(19)15-8-10-16(24)11-9-15)30(27,28)18-6-4-3-5-7-18/h3-14,21H,25H2,1-2H3. The van der Waals surface area contributed by atoms with Gasteiger partial charge in [0.25, 0.3) is 0 Å². The summed E-state index contributed by atoms with van der Waals surface area (Å²) in [6.45, 7) is 0. The first-order valence-electron chi connectivity index (χ1n) is 9.33. The summed E-state index contributed by atoms with van der Waals surface area (Å²) in [5.41, 5.74) is 8.65. The van der Waals surface area contributed by atoms with Crippen molar-refractivity contribution in [3.05, 3.63) is 99.7 Å². The molecule has 1 aliphatic heterocycles. The molecule has 30 heavy (non-hydrogen) atoms. The number of allylic oxidation sites excluding steroid dienone is 1. The lowest BCUT2D eigenvalue weighted by Crippen LogP contribution is -2.26. The second kappa shape index (κ2) is 7.70. The average Bonchev–Trinajstić information content (AvgIpc) is 2.73. The smallest absolute Gasteiger partial charge is 0.208 e. The summed E-state index contributed by atoms with van der Waals surface area (Å²) in [6.07, 6.45) is 0. The minimum Gasteiger partial charge on any atom is -0.440 e. The Morgan fingerprint density at radius 2 is 1.63 bits per heavy atom.